The third kappa shape index (κ3) is 2.83. The predicted octanol–water partition coefficient (Wildman–Crippen LogP) is 4.01. The number of oxazole rings is 1. The van der Waals surface area contributed by atoms with Crippen molar-refractivity contribution in [2.75, 3.05) is 0 Å². The number of fused-ring (bicyclic) bond motifs is 2. The molecule has 0 aliphatic rings. The minimum atomic E-state index is -0.203. The molecule has 0 saturated carbocycles. The number of hydrogen-bond acceptors (Lipinski definition) is 5. The number of nitrogens with zero attached hydrogens (tertiary/aromatic N) is 2. The third-order valence-corrected chi connectivity index (χ3v) is 4.40. The van der Waals surface area contributed by atoms with E-state index < -0.39 is 0 Å². The van der Waals surface area contributed by atoms with Gasteiger partial charge in [0.15, 0.2) is 5.58 Å². The lowest BCUT2D eigenvalue weighted by Crippen LogP contribution is -2.11. The molecule has 4 aromatic rings. The Morgan fingerprint density at radius 2 is 2.00 bits per heavy atom. The van der Waals surface area contributed by atoms with Gasteiger partial charge in [-0.25, -0.2) is 9.97 Å². The Kier molecular flexibility index (Phi) is 3.55. The molecule has 114 valence electrons. The molecule has 7 heteroatoms. The number of hydrogen-bond donors (Lipinski definition) is 1. The fourth-order valence-corrected chi connectivity index (χ4v) is 3.15. The Morgan fingerprint density at radius 3 is 2.87 bits per heavy atom. The number of aromatic nitrogens is 3. The fraction of sp³-hybridized carbons (Fsp3) is 0.0625. The van der Waals surface area contributed by atoms with Crippen molar-refractivity contribution in [1.82, 2.24) is 15.0 Å². The fourth-order valence-electron chi connectivity index (χ4n) is 2.27. The highest BCUT2D eigenvalue weighted by Crippen LogP contribution is 2.25. The maximum absolute atomic E-state index is 12.1. The van der Waals surface area contributed by atoms with Crippen LogP contribution in [0.15, 0.2) is 56.9 Å². The van der Waals surface area contributed by atoms with Crippen LogP contribution in [0, 0.1) is 0 Å². The minimum Gasteiger partial charge on any atom is -0.431 e. The summed E-state index contributed by atoms with van der Waals surface area (Å²) in [5, 5.41) is 1.54. The van der Waals surface area contributed by atoms with Crippen LogP contribution in [0.25, 0.3) is 22.0 Å². The lowest BCUT2D eigenvalue weighted by molar-refractivity contribution is 0.489. The van der Waals surface area contributed by atoms with Crippen molar-refractivity contribution in [1.29, 1.82) is 0 Å². The van der Waals surface area contributed by atoms with E-state index in [-0.39, 0.29) is 5.56 Å². The highest BCUT2D eigenvalue weighted by Gasteiger charge is 2.09. The Balaban J connectivity index is 1.62. The van der Waals surface area contributed by atoms with Crippen molar-refractivity contribution in [3.63, 3.8) is 0 Å². The number of rotatable bonds is 3. The highest BCUT2D eigenvalue weighted by molar-refractivity contribution is 7.98. The van der Waals surface area contributed by atoms with E-state index >= 15 is 0 Å². The zero-order valence-corrected chi connectivity index (χ0v) is 13.3. The quantitative estimate of drug-likeness (QED) is 0.569. The number of halogens is 1. The molecule has 0 saturated heterocycles. The summed E-state index contributed by atoms with van der Waals surface area (Å²) < 4.78 is 5.64. The Bertz CT molecular complexity index is 1040. The molecule has 2 aromatic carbocycles. The second-order valence-electron chi connectivity index (χ2n) is 4.91. The van der Waals surface area contributed by atoms with Crippen LogP contribution in [0.2, 0.25) is 5.02 Å². The number of para-hydroxylation sites is 2. The van der Waals surface area contributed by atoms with Crippen LogP contribution < -0.4 is 5.56 Å². The summed E-state index contributed by atoms with van der Waals surface area (Å²) in [7, 11) is 0. The molecular formula is C16H10ClN3O2S. The van der Waals surface area contributed by atoms with Crippen molar-refractivity contribution >= 4 is 45.4 Å². The number of aromatic amines is 1. The molecule has 0 amide bonds. The summed E-state index contributed by atoms with van der Waals surface area (Å²) in [6.45, 7) is 0. The highest BCUT2D eigenvalue weighted by atomic mass is 35.5. The number of nitrogens with one attached hydrogen (secondary N) is 1. The molecule has 23 heavy (non-hydrogen) atoms. The van der Waals surface area contributed by atoms with Gasteiger partial charge in [-0.3, -0.25) is 4.79 Å². The van der Waals surface area contributed by atoms with Crippen LogP contribution in [0.4, 0.5) is 0 Å². The maximum Gasteiger partial charge on any atom is 0.258 e. The van der Waals surface area contributed by atoms with Crippen LogP contribution in [0.3, 0.4) is 0 Å². The minimum absolute atomic E-state index is 0.203. The zero-order chi connectivity index (χ0) is 15.8. The normalized spacial score (nSPS) is 11.3. The molecule has 2 aromatic heterocycles. The lowest BCUT2D eigenvalue weighted by Gasteiger charge is -2.01. The second kappa shape index (κ2) is 5.72. The van der Waals surface area contributed by atoms with E-state index in [9.17, 15) is 4.79 Å². The lowest BCUT2D eigenvalue weighted by atomic mass is 10.2. The van der Waals surface area contributed by atoms with Gasteiger partial charge in [0.05, 0.1) is 16.7 Å². The predicted molar refractivity (Wildman–Crippen MR) is 90.9 cm³/mol. The van der Waals surface area contributed by atoms with Crippen molar-refractivity contribution in [2.24, 2.45) is 0 Å². The summed E-state index contributed by atoms with van der Waals surface area (Å²) in [4.78, 5) is 23.7. The smallest absolute Gasteiger partial charge is 0.258 e. The monoisotopic (exact) mass is 343 g/mol. The second-order valence-corrected chi connectivity index (χ2v) is 6.27. The van der Waals surface area contributed by atoms with Gasteiger partial charge < -0.3 is 9.40 Å². The van der Waals surface area contributed by atoms with E-state index in [1.165, 1.54) is 11.8 Å². The van der Waals surface area contributed by atoms with Gasteiger partial charge >= 0.3 is 0 Å². The Morgan fingerprint density at radius 1 is 1.13 bits per heavy atom. The Hall–Kier alpha value is -2.31. The first-order valence-electron chi connectivity index (χ1n) is 6.86. The summed E-state index contributed by atoms with van der Waals surface area (Å²) >= 11 is 7.29. The summed E-state index contributed by atoms with van der Waals surface area (Å²) in [6.07, 6.45) is 0. The van der Waals surface area contributed by atoms with Gasteiger partial charge in [-0.2, -0.15) is 0 Å². The van der Waals surface area contributed by atoms with Gasteiger partial charge in [0.1, 0.15) is 11.3 Å². The van der Waals surface area contributed by atoms with Crippen LogP contribution in [-0.2, 0) is 5.75 Å². The molecule has 0 atom stereocenters. The van der Waals surface area contributed by atoms with E-state index in [1.54, 1.807) is 18.2 Å². The first-order valence-corrected chi connectivity index (χ1v) is 8.22. The van der Waals surface area contributed by atoms with Crippen molar-refractivity contribution in [3.05, 3.63) is 63.7 Å². The number of H-pyrrole nitrogens is 1. The standard InChI is InChI=1S/C16H10ClN3O2S/c17-9-5-6-11-10(7-9)15(21)20-14(18-11)8-23-16-19-12-3-1-2-4-13(12)22-16/h1-7H,8H2,(H,18,20,21). The van der Waals surface area contributed by atoms with E-state index in [1.807, 2.05) is 24.3 Å². The van der Waals surface area contributed by atoms with Crippen molar-refractivity contribution in [3.8, 4) is 0 Å². The van der Waals surface area contributed by atoms with Gasteiger partial charge in [0.2, 0.25) is 0 Å². The van der Waals surface area contributed by atoms with Crippen molar-refractivity contribution < 1.29 is 4.42 Å². The molecule has 0 bridgehead atoms. The van der Waals surface area contributed by atoms with E-state index in [4.69, 9.17) is 16.0 Å². The average Bonchev–Trinajstić information content (AvgIpc) is 2.96. The Labute approximate surface area is 139 Å². The number of thioether (sulfide) groups is 1. The van der Waals surface area contributed by atoms with Crippen LogP contribution >= 0.6 is 23.4 Å². The molecular weight excluding hydrogens is 334 g/mol. The number of benzene rings is 2. The molecule has 0 radical (unpaired) electrons. The van der Waals surface area contributed by atoms with Crippen LogP contribution in [-0.4, -0.2) is 15.0 Å². The van der Waals surface area contributed by atoms with Crippen LogP contribution in [0.1, 0.15) is 5.82 Å². The van der Waals surface area contributed by atoms with Crippen molar-refractivity contribution in [2.45, 2.75) is 11.0 Å². The third-order valence-electron chi connectivity index (χ3n) is 3.32. The maximum atomic E-state index is 12.1. The molecule has 0 aliphatic carbocycles. The van der Waals surface area contributed by atoms with Gasteiger partial charge in [-0.1, -0.05) is 35.5 Å². The molecule has 0 fully saturated rings. The molecule has 5 nitrogen and oxygen atoms in total. The van der Waals surface area contributed by atoms with Gasteiger partial charge in [-0.15, -0.1) is 0 Å². The topological polar surface area (TPSA) is 71.8 Å². The largest absolute Gasteiger partial charge is 0.431 e. The first kappa shape index (κ1) is 14.3. The van der Waals surface area contributed by atoms with Gasteiger partial charge in [0.25, 0.3) is 10.8 Å². The summed E-state index contributed by atoms with van der Waals surface area (Å²) in [5.41, 5.74) is 1.96. The van der Waals surface area contributed by atoms with E-state index in [2.05, 4.69) is 15.0 Å². The molecule has 1 N–H and O–H groups in total. The zero-order valence-electron chi connectivity index (χ0n) is 11.7. The first-order chi connectivity index (χ1) is 11.2. The molecule has 4 rings (SSSR count). The SMILES string of the molecule is O=c1[nH]c(CSc2nc3ccccc3o2)nc2ccc(Cl)cc12. The molecule has 0 aliphatic heterocycles. The average molecular weight is 344 g/mol. The van der Waals surface area contributed by atoms with E-state index in [0.717, 1.165) is 11.1 Å². The summed E-state index contributed by atoms with van der Waals surface area (Å²) in [6, 6.07) is 12.6. The molecule has 2 heterocycles. The molecule has 0 unspecified atom stereocenters. The summed E-state index contributed by atoms with van der Waals surface area (Å²) in [5.74, 6) is 1.03. The van der Waals surface area contributed by atoms with E-state index in [0.29, 0.717) is 32.7 Å². The molecule has 0 spiro atoms. The van der Waals surface area contributed by atoms with Crippen LogP contribution in [0.5, 0.6) is 0 Å². The van der Waals surface area contributed by atoms with Gasteiger partial charge in [-0.05, 0) is 30.3 Å². The van der Waals surface area contributed by atoms with Gasteiger partial charge in [0, 0.05) is 5.02 Å².